The maximum atomic E-state index is 14.0. The van der Waals surface area contributed by atoms with E-state index in [0.29, 0.717) is 18.5 Å². The van der Waals surface area contributed by atoms with Crippen molar-refractivity contribution in [1.82, 2.24) is 9.47 Å². The van der Waals surface area contributed by atoms with E-state index in [9.17, 15) is 9.59 Å². The number of rotatable bonds is 7. The van der Waals surface area contributed by atoms with Gasteiger partial charge in [-0.25, -0.2) is 0 Å². The summed E-state index contributed by atoms with van der Waals surface area (Å²) in [4.78, 5) is 28.5. The van der Waals surface area contributed by atoms with Crippen LogP contribution in [0.4, 0.5) is 0 Å². The Bertz CT molecular complexity index is 1330. The van der Waals surface area contributed by atoms with E-state index in [0.717, 1.165) is 27.8 Å². The highest BCUT2D eigenvalue weighted by Gasteiger charge is 2.25. The van der Waals surface area contributed by atoms with Gasteiger partial charge in [0, 0.05) is 31.1 Å². The quantitative estimate of drug-likeness (QED) is 0.414. The van der Waals surface area contributed by atoms with E-state index in [1.165, 1.54) is 6.07 Å². The first-order valence-electron chi connectivity index (χ1n) is 11.0. The molecular formula is C28H28N2O3. The molecular weight excluding hydrogens is 412 g/mol. The Balaban J connectivity index is 1.77. The van der Waals surface area contributed by atoms with E-state index in [1.54, 1.807) is 18.7 Å². The highest BCUT2D eigenvalue weighted by molar-refractivity contribution is 6.06. The number of methoxy groups -OCH3 is 1. The lowest BCUT2D eigenvalue weighted by Crippen LogP contribution is -2.40. The van der Waals surface area contributed by atoms with Gasteiger partial charge >= 0.3 is 0 Å². The fourth-order valence-electron chi connectivity index (χ4n) is 4.25. The first kappa shape index (κ1) is 22.3. The lowest BCUT2D eigenvalue weighted by atomic mass is 10.0. The van der Waals surface area contributed by atoms with Crippen LogP contribution in [0.5, 0.6) is 5.75 Å². The predicted molar refractivity (Wildman–Crippen MR) is 132 cm³/mol. The van der Waals surface area contributed by atoms with Gasteiger partial charge in [-0.05, 0) is 36.6 Å². The largest absolute Gasteiger partial charge is 0.496 e. The average Bonchev–Trinajstić information content (AvgIpc) is 2.85. The van der Waals surface area contributed by atoms with Crippen molar-refractivity contribution < 1.29 is 9.53 Å². The van der Waals surface area contributed by atoms with Gasteiger partial charge in [0.05, 0.1) is 18.2 Å². The fourth-order valence-corrected chi connectivity index (χ4v) is 4.25. The summed E-state index contributed by atoms with van der Waals surface area (Å²) in [7, 11) is 3.38. The zero-order valence-corrected chi connectivity index (χ0v) is 19.2. The highest BCUT2D eigenvalue weighted by Crippen LogP contribution is 2.24. The van der Waals surface area contributed by atoms with Crippen LogP contribution in [0.3, 0.4) is 0 Å². The normalized spacial score (nSPS) is 11.8. The standard InChI is InChI=1S/C28H28N2O3/c1-20(17-22-13-7-10-16-26(22)33-3)30(19-21-11-5-4-6-12-21)28(32)24-18-27(31)29(2)25-15-9-8-14-23(24)25/h4-16,18,20H,17,19H2,1-3H3. The van der Waals surface area contributed by atoms with Crippen LogP contribution >= 0.6 is 0 Å². The number of hydrogen-bond acceptors (Lipinski definition) is 3. The van der Waals surface area contributed by atoms with Gasteiger partial charge in [-0.1, -0.05) is 66.7 Å². The van der Waals surface area contributed by atoms with Gasteiger partial charge in [-0.2, -0.15) is 0 Å². The van der Waals surface area contributed by atoms with Gasteiger partial charge in [0.25, 0.3) is 11.5 Å². The third kappa shape index (κ3) is 4.67. The Kier molecular flexibility index (Phi) is 6.59. The molecule has 0 N–H and O–H groups in total. The number of amides is 1. The predicted octanol–water partition coefficient (Wildman–Crippen LogP) is 4.82. The number of carbonyl (C=O) groups excluding carboxylic acids is 1. The molecule has 3 aromatic carbocycles. The van der Waals surface area contributed by atoms with Crippen molar-refractivity contribution in [3.05, 3.63) is 112 Å². The molecule has 1 aromatic heterocycles. The summed E-state index contributed by atoms with van der Waals surface area (Å²) in [5, 5.41) is 0.771. The number of carbonyl (C=O) groups is 1. The van der Waals surface area contributed by atoms with Gasteiger partial charge < -0.3 is 14.2 Å². The van der Waals surface area contributed by atoms with E-state index < -0.39 is 0 Å². The third-order valence-electron chi connectivity index (χ3n) is 6.08. The summed E-state index contributed by atoms with van der Waals surface area (Å²) in [6.07, 6.45) is 0.630. The fraction of sp³-hybridized carbons (Fsp3) is 0.214. The van der Waals surface area contributed by atoms with E-state index in [1.807, 2.05) is 90.7 Å². The third-order valence-corrected chi connectivity index (χ3v) is 6.08. The van der Waals surface area contributed by atoms with Crippen LogP contribution in [0.25, 0.3) is 10.9 Å². The van der Waals surface area contributed by atoms with E-state index in [4.69, 9.17) is 4.74 Å². The highest BCUT2D eigenvalue weighted by atomic mass is 16.5. The summed E-state index contributed by atoms with van der Waals surface area (Å²) >= 11 is 0. The molecule has 4 rings (SSSR count). The zero-order chi connectivity index (χ0) is 23.4. The van der Waals surface area contributed by atoms with Crippen LogP contribution in [0.2, 0.25) is 0 Å². The minimum atomic E-state index is -0.200. The molecule has 1 amide bonds. The van der Waals surface area contributed by atoms with Gasteiger partial charge in [-0.3, -0.25) is 9.59 Å². The van der Waals surface area contributed by atoms with E-state index in [2.05, 4.69) is 0 Å². The molecule has 1 atom stereocenters. The molecule has 1 heterocycles. The smallest absolute Gasteiger partial charge is 0.255 e. The van der Waals surface area contributed by atoms with Crippen molar-refractivity contribution in [1.29, 1.82) is 0 Å². The van der Waals surface area contributed by atoms with Crippen LogP contribution in [0.1, 0.15) is 28.4 Å². The van der Waals surface area contributed by atoms with Gasteiger partial charge in [0.1, 0.15) is 5.75 Å². The average molecular weight is 441 g/mol. The molecule has 0 bridgehead atoms. The minimum Gasteiger partial charge on any atom is -0.496 e. The Morgan fingerprint density at radius 3 is 2.39 bits per heavy atom. The molecule has 0 saturated carbocycles. The molecule has 0 aliphatic rings. The molecule has 4 aromatic rings. The van der Waals surface area contributed by atoms with Gasteiger partial charge in [-0.15, -0.1) is 0 Å². The number of nitrogens with zero attached hydrogens (tertiary/aromatic N) is 2. The van der Waals surface area contributed by atoms with Gasteiger partial charge in [0.15, 0.2) is 0 Å². The summed E-state index contributed by atoms with van der Waals surface area (Å²) in [6.45, 7) is 2.48. The number of hydrogen-bond donors (Lipinski definition) is 0. The van der Waals surface area contributed by atoms with Crippen LogP contribution < -0.4 is 10.3 Å². The van der Waals surface area contributed by atoms with Crippen molar-refractivity contribution in [3.8, 4) is 5.75 Å². The SMILES string of the molecule is COc1ccccc1CC(C)N(Cc1ccccc1)C(=O)c1cc(=O)n(C)c2ccccc12. The number of pyridine rings is 1. The van der Waals surface area contributed by atoms with Crippen LogP contribution in [0.15, 0.2) is 89.7 Å². The lowest BCUT2D eigenvalue weighted by Gasteiger charge is -2.30. The molecule has 0 radical (unpaired) electrons. The van der Waals surface area contributed by atoms with Gasteiger partial charge in [0.2, 0.25) is 0 Å². The summed E-state index contributed by atoms with van der Waals surface area (Å²) in [5.74, 6) is 0.644. The molecule has 1 unspecified atom stereocenters. The monoisotopic (exact) mass is 440 g/mol. The Morgan fingerprint density at radius 1 is 0.970 bits per heavy atom. The number of benzene rings is 3. The van der Waals surface area contributed by atoms with Crippen molar-refractivity contribution in [2.24, 2.45) is 7.05 Å². The molecule has 5 heteroatoms. The maximum absolute atomic E-state index is 14.0. The van der Waals surface area contributed by atoms with E-state index >= 15 is 0 Å². The number of aryl methyl sites for hydroxylation is 1. The first-order chi connectivity index (χ1) is 16.0. The maximum Gasteiger partial charge on any atom is 0.255 e. The molecule has 5 nitrogen and oxygen atoms in total. The van der Waals surface area contributed by atoms with Crippen molar-refractivity contribution in [2.75, 3.05) is 7.11 Å². The molecule has 0 spiro atoms. The molecule has 33 heavy (non-hydrogen) atoms. The summed E-state index contributed by atoms with van der Waals surface area (Å²) in [6, 6.07) is 26.6. The van der Waals surface area contributed by atoms with Crippen molar-refractivity contribution in [3.63, 3.8) is 0 Å². The number of para-hydroxylation sites is 2. The first-order valence-corrected chi connectivity index (χ1v) is 11.0. The molecule has 0 aliphatic heterocycles. The Morgan fingerprint density at radius 2 is 1.64 bits per heavy atom. The number of aromatic nitrogens is 1. The second-order valence-corrected chi connectivity index (χ2v) is 8.26. The molecule has 0 saturated heterocycles. The second-order valence-electron chi connectivity index (χ2n) is 8.26. The Hall–Kier alpha value is -3.86. The molecule has 0 fully saturated rings. The minimum absolute atomic E-state index is 0.128. The zero-order valence-electron chi connectivity index (χ0n) is 19.2. The van der Waals surface area contributed by atoms with Crippen LogP contribution in [-0.2, 0) is 20.0 Å². The van der Waals surface area contributed by atoms with E-state index in [-0.39, 0.29) is 17.5 Å². The summed E-state index contributed by atoms with van der Waals surface area (Å²) < 4.78 is 7.10. The van der Waals surface area contributed by atoms with Crippen LogP contribution in [0, 0.1) is 0 Å². The lowest BCUT2D eigenvalue weighted by molar-refractivity contribution is 0.0676. The summed E-state index contributed by atoms with van der Waals surface area (Å²) in [5.41, 5.74) is 3.04. The number of fused-ring (bicyclic) bond motifs is 1. The Labute approximate surface area is 193 Å². The second kappa shape index (κ2) is 9.74. The van der Waals surface area contributed by atoms with Crippen molar-refractivity contribution in [2.45, 2.75) is 25.9 Å². The topological polar surface area (TPSA) is 51.5 Å². The molecule has 0 aliphatic carbocycles. The van der Waals surface area contributed by atoms with Crippen molar-refractivity contribution >= 4 is 16.8 Å². The molecule has 168 valence electrons. The number of ether oxygens (including phenoxy) is 1. The van der Waals surface area contributed by atoms with Crippen LogP contribution in [-0.4, -0.2) is 28.5 Å².